The van der Waals surface area contributed by atoms with Gasteiger partial charge in [0.2, 0.25) is 0 Å². The van der Waals surface area contributed by atoms with Crippen LogP contribution in [0.15, 0.2) is 30.5 Å². The highest BCUT2D eigenvalue weighted by molar-refractivity contribution is 6.31. The summed E-state index contributed by atoms with van der Waals surface area (Å²) in [6, 6.07) is 6.40. The van der Waals surface area contributed by atoms with Crippen LogP contribution in [0.1, 0.15) is 6.42 Å². The number of nitrogens with one attached hydrogen (secondary N) is 1. The molecular weight excluding hydrogens is 347 g/mol. The Bertz CT molecular complexity index is 698. The predicted molar refractivity (Wildman–Crippen MR) is 94.1 cm³/mol. The van der Waals surface area contributed by atoms with Crippen LogP contribution >= 0.6 is 11.6 Å². The molecule has 0 radical (unpaired) electrons. The van der Waals surface area contributed by atoms with Crippen LogP contribution in [0, 0.1) is 5.82 Å². The van der Waals surface area contributed by atoms with Crippen LogP contribution in [-0.2, 0) is 4.74 Å². The average Bonchev–Trinajstić information content (AvgIpc) is 2.63. The third kappa shape index (κ3) is 5.52. The van der Waals surface area contributed by atoms with Gasteiger partial charge in [0, 0.05) is 31.5 Å². The minimum Gasteiger partial charge on any atom is -0.463 e. The number of ether oxygens (including phenoxy) is 2. The van der Waals surface area contributed by atoms with Crippen molar-refractivity contribution in [1.82, 2.24) is 14.9 Å². The first-order valence-electron chi connectivity index (χ1n) is 8.19. The van der Waals surface area contributed by atoms with E-state index >= 15 is 0 Å². The molecular formula is C17H20ClFN4O2. The van der Waals surface area contributed by atoms with Crippen molar-refractivity contribution in [3.05, 3.63) is 41.3 Å². The monoisotopic (exact) mass is 366 g/mol. The van der Waals surface area contributed by atoms with Crippen molar-refractivity contribution in [3.63, 3.8) is 0 Å². The maximum absolute atomic E-state index is 13.2. The Hall–Kier alpha value is -1.96. The highest BCUT2D eigenvalue weighted by Crippen LogP contribution is 2.22. The number of nitrogens with zero attached hydrogens (tertiary/aromatic N) is 3. The standard InChI is InChI=1S/C17H20ClFN4O2/c18-14-12-13(2-3-15(14)19)21-16-4-5-20-17(22-16)25-9-1-6-23-7-10-24-11-8-23/h2-5,12H,1,6-11H2,(H,20,21,22). The highest BCUT2D eigenvalue weighted by Gasteiger charge is 2.09. The smallest absolute Gasteiger partial charge is 0.318 e. The van der Waals surface area contributed by atoms with E-state index in [4.69, 9.17) is 21.1 Å². The van der Waals surface area contributed by atoms with Gasteiger partial charge in [0.05, 0.1) is 24.8 Å². The largest absolute Gasteiger partial charge is 0.463 e. The molecule has 0 unspecified atom stereocenters. The van der Waals surface area contributed by atoms with Crippen molar-refractivity contribution in [1.29, 1.82) is 0 Å². The molecule has 1 aromatic heterocycles. The third-order valence-corrected chi connectivity index (χ3v) is 4.07. The Morgan fingerprint density at radius 2 is 2.12 bits per heavy atom. The number of hydrogen-bond acceptors (Lipinski definition) is 6. The van der Waals surface area contributed by atoms with Gasteiger partial charge in [-0.3, -0.25) is 4.90 Å². The van der Waals surface area contributed by atoms with E-state index in [-0.39, 0.29) is 5.02 Å². The van der Waals surface area contributed by atoms with Gasteiger partial charge in [-0.2, -0.15) is 4.98 Å². The Morgan fingerprint density at radius 3 is 2.92 bits per heavy atom. The van der Waals surface area contributed by atoms with Crippen LogP contribution in [0.3, 0.4) is 0 Å². The summed E-state index contributed by atoms with van der Waals surface area (Å²) in [6.45, 7) is 5.04. The zero-order valence-corrected chi connectivity index (χ0v) is 14.5. The van der Waals surface area contributed by atoms with Crippen molar-refractivity contribution in [2.24, 2.45) is 0 Å². The molecule has 1 aliphatic heterocycles. The summed E-state index contributed by atoms with van der Waals surface area (Å²) in [6.07, 6.45) is 2.51. The predicted octanol–water partition coefficient (Wildman–Crippen LogP) is 3.11. The lowest BCUT2D eigenvalue weighted by Crippen LogP contribution is -2.37. The minimum atomic E-state index is -0.459. The topological polar surface area (TPSA) is 59.5 Å². The first-order valence-corrected chi connectivity index (χ1v) is 8.56. The van der Waals surface area contributed by atoms with Crippen LogP contribution < -0.4 is 10.1 Å². The Kier molecular flexibility index (Phi) is 6.38. The van der Waals surface area contributed by atoms with E-state index in [0.717, 1.165) is 39.3 Å². The van der Waals surface area contributed by atoms with Crippen LogP contribution in [-0.4, -0.2) is 54.3 Å². The molecule has 0 saturated carbocycles. The number of benzene rings is 1. The van der Waals surface area contributed by atoms with Crippen LogP contribution in [0.4, 0.5) is 15.9 Å². The molecule has 0 spiro atoms. The van der Waals surface area contributed by atoms with Gasteiger partial charge in [-0.1, -0.05) is 11.6 Å². The quantitative estimate of drug-likeness (QED) is 0.760. The second-order valence-corrected chi connectivity index (χ2v) is 6.04. The molecule has 0 amide bonds. The number of rotatable bonds is 7. The van der Waals surface area contributed by atoms with Gasteiger partial charge in [-0.15, -0.1) is 0 Å². The molecule has 1 saturated heterocycles. The molecule has 0 aliphatic carbocycles. The Balaban J connectivity index is 1.48. The molecule has 134 valence electrons. The molecule has 0 atom stereocenters. The van der Waals surface area contributed by atoms with Crippen molar-refractivity contribution in [2.75, 3.05) is 44.8 Å². The molecule has 8 heteroatoms. The van der Waals surface area contributed by atoms with Gasteiger partial charge < -0.3 is 14.8 Å². The second-order valence-electron chi connectivity index (χ2n) is 5.63. The van der Waals surface area contributed by atoms with E-state index in [9.17, 15) is 4.39 Å². The molecule has 25 heavy (non-hydrogen) atoms. The SMILES string of the molecule is Fc1ccc(Nc2ccnc(OCCCN3CCOCC3)n2)cc1Cl. The Labute approximate surface area is 150 Å². The number of morpholine rings is 1. The van der Waals surface area contributed by atoms with Crippen LogP contribution in [0.5, 0.6) is 6.01 Å². The first-order chi connectivity index (χ1) is 12.2. The fourth-order valence-electron chi connectivity index (χ4n) is 2.48. The molecule has 2 aromatic rings. The summed E-state index contributed by atoms with van der Waals surface area (Å²) < 4.78 is 24.1. The number of anilines is 2. The minimum absolute atomic E-state index is 0.0543. The van der Waals surface area contributed by atoms with Crippen molar-refractivity contribution >= 4 is 23.1 Å². The molecule has 1 aliphatic rings. The van der Waals surface area contributed by atoms with Crippen LogP contribution in [0.25, 0.3) is 0 Å². The second kappa shape index (κ2) is 8.94. The normalized spacial score (nSPS) is 15.1. The Morgan fingerprint density at radius 1 is 1.28 bits per heavy atom. The van der Waals surface area contributed by atoms with Crippen molar-refractivity contribution < 1.29 is 13.9 Å². The van der Waals surface area contributed by atoms with E-state index in [1.54, 1.807) is 18.3 Å². The number of hydrogen-bond donors (Lipinski definition) is 1. The van der Waals surface area contributed by atoms with Gasteiger partial charge >= 0.3 is 6.01 Å². The lowest BCUT2D eigenvalue weighted by Gasteiger charge is -2.26. The van der Waals surface area contributed by atoms with E-state index in [0.29, 0.717) is 24.1 Å². The highest BCUT2D eigenvalue weighted by atomic mass is 35.5. The number of aromatic nitrogens is 2. The fourth-order valence-corrected chi connectivity index (χ4v) is 2.66. The summed E-state index contributed by atoms with van der Waals surface area (Å²) in [5.41, 5.74) is 0.642. The zero-order chi connectivity index (χ0) is 17.5. The molecule has 6 nitrogen and oxygen atoms in total. The molecule has 1 N–H and O–H groups in total. The van der Waals surface area contributed by atoms with Crippen molar-refractivity contribution in [2.45, 2.75) is 6.42 Å². The third-order valence-electron chi connectivity index (χ3n) is 3.78. The molecule has 3 rings (SSSR count). The maximum atomic E-state index is 13.2. The van der Waals surface area contributed by atoms with Gasteiger partial charge in [0.15, 0.2) is 0 Å². The first kappa shape index (κ1) is 17.8. The zero-order valence-electron chi connectivity index (χ0n) is 13.8. The van der Waals surface area contributed by atoms with Gasteiger partial charge in [0.25, 0.3) is 0 Å². The summed E-state index contributed by atoms with van der Waals surface area (Å²) in [5, 5.41) is 3.10. The van der Waals surface area contributed by atoms with Gasteiger partial charge in [0.1, 0.15) is 11.6 Å². The molecule has 1 fully saturated rings. The summed E-state index contributed by atoms with van der Waals surface area (Å²) in [7, 11) is 0. The molecule has 1 aromatic carbocycles. The fraction of sp³-hybridized carbons (Fsp3) is 0.412. The number of halogens is 2. The van der Waals surface area contributed by atoms with E-state index < -0.39 is 5.82 Å². The molecule has 0 bridgehead atoms. The summed E-state index contributed by atoms with van der Waals surface area (Å²) in [4.78, 5) is 10.7. The lowest BCUT2D eigenvalue weighted by atomic mass is 10.3. The maximum Gasteiger partial charge on any atom is 0.318 e. The van der Waals surface area contributed by atoms with E-state index in [2.05, 4.69) is 20.2 Å². The van der Waals surface area contributed by atoms with Gasteiger partial charge in [-0.05, 0) is 30.7 Å². The summed E-state index contributed by atoms with van der Waals surface area (Å²) >= 11 is 5.78. The lowest BCUT2D eigenvalue weighted by molar-refractivity contribution is 0.0356. The van der Waals surface area contributed by atoms with Gasteiger partial charge in [-0.25, -0.2) is 9.37 Å². The average molecular weight is 367 g/mol. The van der Waals surface area contributed by atoms with Crippen LogP contribution in [0.2, 0.25) is 5.02 Å². The van der Waals surface area contributed by atoms with E-state index in [1.807, 2.05) is 0 Å². The van der Waals surface area contributed by atoms with E-state index in [1.165, 1.54) is 12.1 Å². The van der Waals surface area contributed by atoms with Crippen molar-refractivity contribution in [3.8, 4) is 6.01 Å². The summed E-state index contributed by atoms with van der Waals surface area (Å²) in [5.74, 6) is 0.0973. The molecule has 2 heterocycles.